The molecular formula is C20H18N2O4S. The van der Waals surface area contributed by atoms with Gasteiger partial charge in [-0.05, 0) is 29.7 Å². The van der Waals surface area contributed by atoms with E-state index in [1.54, 1.807) is 28.4 Å². The Morgan fingerprint density at radius 2 is 1.93 bits per heavy atom. The summed E-state index contributed by atoms with van der Waals surface area (Å²) >= 11 is 1.54. The highest BCUT2D eigenvalue weighted by Crippen LogP contribution is 2.32. The molecule has 0 saturated carbocycles. The molecule has 1 fully saturated rings. The Hall–Kier alpha value is -2.90. The summed E-state index contributed by atoms with van der Waals surface area (Å²) in [5.74, 6) is -0.408. The number of thiophene rings is 1. The van der Waals surface area contributed by atoms with Crippen LogP contribution in [0.15, 0.2) is 52.3 Å². The summed E-state index contributed by atoms with van der Waals surface area (Å²) in [4.78, 5) is 28.0. The Morgan fingerprint density at radius 1 is 1.11 bits per heavy atom. The second kappa shape index (κ2) is 7.77. The number of amides is 2. The minimum atomic E-state index is -0.314. The van der Waals surface area contributed by atoms with E-state index in [9.17, 15) is 9.59 Å². The van der Waals surface area contributed by atoms with Crippen molar-refractivity contribution in [3.05, 3.63) is 58.5 Å². The van der Waals surface area contributed by atoms with Crippen molar-refractivity contribution in [3.63, 3.8) is 0 Å². The molecule has 0 unspecified atom stereocenters. The topological polar surface area (TPSA) is 71.8 Å². The van der Waals surface area contributed by atoms with Gasteiger partial charge in [-0.25, -0.2) is 0 Å². The van der Waals surface area contributed by atoms with Gasteiger partial charge in [-0.2, -0.15) is 0 Å². The molecule has 0 bridgehead atoms. The van der Waals surface area contributed by atoms with Gasteiger partial charge in [0.2, 0.25) is 11.7 Å². The third kappa shape index (κ3) is 3.79. The van der Waals surface area contributed by atoms with Gasteiger partial charge in [0, 0.05) is 29.4 Å². The van der Waals surface area contributed by atoms with Gasteiger partial charge in [-0.15, -0.1) is 11.3 Å². The lowest BCUT2D eigenvalue weighted by Crippen LogP contribution is -2.40. The highest BCUT2D eigenvalue weighted by atomic mass is 32.1. The van der Waals surface area contributed by atoms with Crippen molar-refractivity contribution in [2.24, 2.45) is 0 Å². The summed E-state index contributed by atoms with van der Waals surface area (Å²) in [6.07, 6.45) is 3.20. The zero-order valence-electron chi connectivity index (χ0n) is 14.5. The number of hydrogen-bond donors (Lipinski definition) is 1. The number of ether oxygens (including phenoxy) is 1. The second-order valence-electron chi connectivity index (χ2n) is 6.04. The monoisotopic (exact) mass is 382 g/mol. The number of furan rings is 1. The molecule has 0 radical (unpaired) electrons. The van der Waals surface area contributed by atoms with E-state index < -0.39 is 0 Å². The predicted octanol–water partition coefficient (Wildman–Crippen LogP) is 3.62. The molecule has 1 aliphatic heterocycles. The van der Waals surface area contributed by atoms with Gasteiger partial charge in [0.25, 0.3) is 5.91 Å². The van der Waals surface area contributed by atoms with Crippen LogP contribution < -0.4 is 5.32 Å². The fraction of sp³-hybridized carbons (Fsp3) is 0.200. The quantitative estimate of drug-likeness (QED) is 0.700. The van der Waals surface area contributed by atoms with E-state index in [0.717, 1.165) is 4.88 Å². The summed E-state index contributed by atoms with van der Waals surface area (Å²) in [6.45, 7) is 2.00. The Morgan fingerprint density at radius 3 is 2.70 bits per heavy atom. The normalized spacial score (nSPS) is 14.7. The number of hydrogen-bond acceptors (Lipinski definition) is 5. The molecule has 2 amide bonds. The van der Waals surface area contributed by atoms with Crippen LogP contribution >= 0.6 is 11.3 Å². The standard InChI is InChI=1S/C20H18N2O4S/c23-17(8-7-14-4-3-13-27-14)21-18-15-5-1-2-6-16(15)26-19(18)20(24)22-9-11-25-12-10-22/h1-8,13H,9-12H2,(H,21,23). The van der Waals surface area contributed by atoms with Crippen LogP contribution in [-0.4, -0.2) is 43.0 Å². The number of nitrogens with zero attached hydrogens (tertiary/aromatic N) is 1. The summed E-state index contributed by atoms with van der Waals surface area (Å²) in [5.41, 5.74) is 0.967. The van der Waals surface area contributed by atoms with Crippen molar-refractivity contribution in [2.45, 2.75) is 0 Å². The maximum atomic E-state index is 12.9. The lowest BCUT2D eigenvalue weighted by molar-refractivity contribution is -0.111. The minimum Gasteiger partial charge on any atom is -0.449 e. The number of rotatable bonds is 4. The van der Waals surface area contributed by atoms with Crippen molar-refractivity contribution in [1.82, 2.24) is 4.90 Å². The summed E-state index contributed by atoms with van der Waals surface area (Å²) in [5, 5.41) is 5.47. The van der Waals surface area contributed by atoms with Crippen molar-refractivity contribution in [1.29, 1.82) is 0 Å². The van der Waals surface area contributed by atoms with Crippen molar-refractivity contribution in [2.75, 3.05) is 31.6 Å². The Kier molecular flexibility index (Phi) is 5.04. The van der Waals surface area contributed by atoms with Crippen molar-refractivity contribution >= 4 is 45.9 Å². The first-order chi connectivity index (χ1) is 13.2. The molecule has 7 heteroatoms. The molecule has 1 aliphatic rings. The summed E-state index contributed by atoms with van der Waals surface area (Å²) in [6, 6.07) is 11.1. The number of nitrogens with one attached hydrogen (secondary N) is 1. The maximum absolute atomic E-state index is 12.9. The molecule has 3 aromatic rings. The average Bonchev–Trinajstić information content (AvgIpc) is 3.35. The Balaban J connectivity index is 1.63. The van der Waals surface area contributed by atoms with E-state index >= 15 is 0 Å². The van der Waals surface area contributed by atoms with Crippen LogP contribution in [0.5, 0.6) is 0 Å². The first-order valence-electron chi connectivity index (χ1n) is 8.63. The fourth-order valence-corrected chi connectivity index (χ4v) is 3.56. The molecule has 1 saturated heterocycles. The van der Waals surface area contributed by atoms with E-state index in [1.165, 1.54) is 6.08 Å². The van der Waals surface area contributed by atoms with Crippen LogP contribution in [-0.2, 0) is 9.53 Å². The number of carbonyl (C=O) groups excluding carboxylic acids is 2. The predicted molar refractivity (Wildman–Crippen MR) is 105 cm³/mol. The average molecular weight is 382 g/mol. The third-order valence-corrected chi connectivity index (χ3v) is 5.12. The SMILES string of the molecule is O=C(C=Cc1cccs1)Nc1c(C(=O)N2CCOCC2)oc2ccccc12. The van der Waals surface area contributed by atoms with E-state index in [2.05, 4.69) is 5.32 Å². The van der Waals surface area contributed by atoms with Gasteiger partial charge in [-0.3, -0.25) is 9.59 Å². The van der Waals surface area contributed by atoms with Gasteiger partial charge < -0.3 is 19.4 Å². The van der Waals surface area contributed by atoms with Crippen LogP contribution in [0.4, 0.5) is 5.69 Å². The molecule has 27 heavy (non-hydrogen) atoms. The Bertz CT molecular complexity index is 985. The van der Waals surface area contributed by atoms with Crippen LogP contribution in [0.3, 0.4) is 0 Å². The van der Waals surface area contributed by atoms with E-state index in [-0.39, 0.29) is 17.6 Å². The van der Waals surface area contributed by atoms with E-state index in [4.69, 9.17) is 9.15 Å². The lowest BCUT2D eigenvalue weighted by Gasteiger charge is -2.26. The molecule has 138 valence electrons. The number of para-hydroxylation sites is 1. The number of carbonyl (C=O) groups is 2. The van der Waals surface area contributed by atoms with E-state index in [1.807, 2.05) is 35.7 Å². The van der Waals surface area contributed by atoms with Crippen LogP contribution in [0.2, 0.25) is 0 Å². The van der Waals surface area contributed by atoms with Crippen molar-refractivity contribution in [3.8, 4) is 0 Å². The highest BCUT2D eigenvalue weighted by molar-refractivity contribution is 7.10. The number of benzene rings is 1. The molecule has 1 aromatic carbocycles. The van der Waals surface area contributed by atoms with Gasteiger partial charge in [-0.1, -0.05) is 18.2 Å². The van der Waals surface area contributed by atoms with Gasteiger partial charge in [0.05, 0.1) is 13.2 Å². The molecule has 3 heterocycles. The van der Waals surface area contributed by atoms with E-state index in [0.29, 0.717) is 43.0 Å². The molecule has 0 spiro atoms. The second-order valence-corrected chi connectivity index (χ2v) is 7.02. The number of morpholine rings is 1. The van der Waals surface area contributed by atoms with Gasteiger partial charge in [0.15, 0.2) is 0 Å². The first-order valence-corrected chi connectivity index (χ1v) is 9.51. The summed E-state index contributed by atoms with van der Waals surface area (Å²) < 4.78 is 11.1. The van der Waals surface area contributed by atoms with Crippen LogP contribution in [0.1, 0.15) is 15.4 Å². The minimum absolute atomic E-state index is 0.149. The van der Waals surface area contributed by atoms with Gasteiger partial charge >= 0.3 is 0 Å². The van der Waals surface area contributed by atoms with Crippen LogP contribution in [0.25, 0.3) is 17.0 Å². The lowest BCUT2D eigenvalue weighted by atomic mass is 10.2. The maximum Gasteiger partial charge on any atom is 0.291 e. The molecule has 2 aromatic heterocycles. The fourth-order valence-electron chi connectivity index (χ4n) is 2.94. The first kappa shape index (κ1) is 17.5. The molecular weight excluding hydrogens is 364 g/mol. The molecule has 1 N–H and O–H groups in total. The highest BCUT2D eigenvalue weighted by Gasteiger charge is 2.27. The summed E-state index contributed by atoms with van der Waals surface area (Å²) in [7, 11) is 0. The number of fused-ring (bicyclic) bond motifs is 1. The Labute approximate surface area is 160 Å². The zero-order chi connectivity index (χ0) is 18.6. The zero-order valence-corrected chi connectivity index (χ0v) is 15.3. The van der Waals surface area contributed by atoms with Crippen LogP contribution in [0, 0.1) is 0 Å². The van der Waals surface area contributed by atoms with Crippen molar-refractivity contribution < 1.29 is 18.7 Å². The molecule has 6 nitrogen and oxygen atoms in total. The number of anilines is 1. The third-order valence-electron chi connectivity index (χ3n) is 4.28. The largest absolute Gasteiger partial charge is 0.449 e. The molecule has 0 aliphatic carbocycles. The molecule has 0 atom stereocenters. The van der Waals surface area contributed by atoms with Gasteiger partial charge in [0.1, 0.15) is 11.3 Å². The smallest absolute Gasteiger partial charge is 0.291 e. The molecule has 4 rings (SSSR count).